The fraction of sp³-hybridized carbons (Fsp3) is 0.278. The molecule has 2 rings (SSSR count). The van der Waals surface area contributed by atoms with Crippen LogP contribution >= 0.6 is 15.9 Å². The fourth-order valence-electron chi connectivity index (χ4n) is 2.49. The van der Waals surface area contributed by atoms with Gasteiger partial charge in [-0.3, -0.25) is 14.9 Å². The van der Waals surface area contributed by atoms with Crippen molar-refractivity contribution in [3.8, 4) is 11.5 Å². The van der Waals surface area contributed by atoms with Crippen LogP contribution in [0.15, 0.2) is 40.9 Å². The number of hydrogen-bond acceptors (Lipinski definition) is 5. The van der Waals surface area contributed by atoms with E-state index in [1.807, 2.05) is 6.92 Å². The van der Waals surface area contributed by atoms with Gasteiger partial charge in [0, 0.05) is 24.7 Å². The number of carbonyl (C=O) groups excluding carboxylic acids is 1. The van der Waals surface area contributed by atoms with Gasteiger partial charge >= 0.3 is 0 Å². The van der Waals surface area contributed by atoms with Crippen molar-refractivity contribution in [1.82, 2.24) is 4.90 Å². The molecule has 0 N–H and O–H groups in total. The summed E-state index contributed by atoms with van der Waals surface area (Å²) in [5, 5.41) is 11.0. The highest BCUT2D eigenvalue weighted by molar-refractivity contribution is 9.10. The fourth-order valence-corrected chi connectivity index (χ4v) is 3.05. The summed E-state index contributed by atoms with van der Waals surface area (Å²) in [6.45, 7) is 1.81. The summed E-state index contributed by atoms with van der Waals surface area (Å²) < 4.78 is 11.2. The summed E-state index contributed by atoms with van der Waals surface area (Å²) in [5.41, 5.74) is 1.05. The first kappa shape index (κ1) is 19.7. The Morgan fingerprint density at radius 3 is 2.27 bits per heavy atom. The molecule has 2 aromatic carbocycles. The molecule has 0 fully saturated rings. The van der Waals surface area contributed by atoms with E-state index in [1.165, 1.54) is 31.3 Å². The highest BCUT2D eigenvalue weighted by Gasteiger charge is 2.23. The summed E-state index contributed by atoms with van der Waals surface area (Å²) >= 11 is 3.37. The Bertz CT molecular complexity index is 815. The molecule has 0 aliphatic heterocycles. The maximum Gasteiger partial charge on any atom is 0.269 e. The van der Waals surface area contributed by atoms with Crippen molar-refractivity contribution in [3.05, 3.63) is 62.1 Å². The third kappa shape index (κ3) is 3.96. The smallest absolute Gasteiger partial charge is 0.269 e. The van der Waals surface area contributed by atoms with Gasteiger partial charge in [0.05, 0.1) is 25.2 Å². The Morgan fingerprint density at radius 2 is 1.77 bits per heavy atom. The van der Waals surface area contributed by atoms with Crippen LogP contribution in [0.2, 0.25) is 0 Å². The molecule has 0 saturated heterocycles. The van der Waals surface area contributed by atoms with Gasteiger partial charge in [-0.25, -0.2) is 0 Å². The molecule has 0 radical (unpaired) electrons. The van der Waals surface area contributed by atoms with Crippen molar-refractivity contribution in [3.63, 3.8) is 0 Å². The number of amides is 1. The van der Waals surface area contributed by atoms with Crippen LogP contribution in [-0.2, 0) is 0 Å². The van der Waals surface area contributed by atoms with Gasteiger partial charge in [0.25, 0.3) is 11.6 Å². The molecule has 1 unspecified atom stereocenters. The van der Waals surface area contributed by atoms with Gasteiger partial charge in [-0.2, -0.15) is 0 Å². The van der Waals surface area contributed by atoms with E-state index in [1.54, 1.807) is 31.3 Å². The van der Waals surface area contributed by atoms with E-state index >= 15 is 0 Å². The lowest BCUT2D eigenvalue weighted by atomic mass is 10.1. The van der Waals surface area contributed by atoms with Crippen LogP contribution in [0.3, 0.4) is 0 Å². The van der Waals surface area contributed by atoms with E-state index in [0.717, 1.165) is 0 Å². The van der Waals surface area contributed by atoms with Crippen LogP contribution in [0.5, 0.6) is 11.5 Å². The quantitative estimate of drug-likeness (QED) is 0.514. The summed E-state index contributed by atoms with van der Waals surface area (Å²) in [7, 11) is 4.65. The largest absolute Gasteiger partial charge is 0.495 e. The lowest BCUT2D eigenvalue weighted by Crippen LogP contribution is -2.29. The van der Waals surface area contributed by atoms with Crippen molar-refractivity contribution in [2.24, 2.45) is 0 Å². The molecular formula is C18H19BrN2O5. The topological polar surface area (TPSA) is 81.9 Å². The molecule has 1 atom stereocenters. The number of rotatable bonds is 6. The average molecular weight is 423 g/mol. The zero-order chi connectivity index (χ0) is 19.4. The molecule has 0 bridgehead atoms. The van der Waals surface area contributed by atoms with E-state index < -0.39 is 4.92 Å². The molecule has 7 nitrogen and oxygen atoms in total. The molecular weight excluding hydrogens is 404 g/mol. The predicted octanol–water partition coefficient (Wildman–Crippen LogP) is 4.21. The predicted molar refractivity (Wildman–Crippen MR) is 101 cm³/mol. The maximum absolute atomic E-state index is 12.9. The first-order valence-electron chi connectivity index (χ1n) is 7.73. The zero-order valence-electron chi connectivity index (χ0n) is 14.9. The van der Waals surface area contributed by atoms with Crippen LogP contribution in [0.4, 0.5) is 5.69 Å². The molecule has 0 saturated carbocycles. The number of nitrogens with zero attached hydrogens (tertiary/aromatic N) is 2. The Kier molecular flexibility index (Phi) is 6.20. The summed E-state index contributed by atoms with van der Waals surface area (Å²) in [6.07, 6.45) is 0. The van der Waals surface area contributed by atoms with E-state index in [0.29, 0.717) is 27.1 Å². The number of non-ortho nitro benzene ring substituents is 1. The van der Waals surface area contributed by atoms with Crippen LogP contribution in [0.1, 0.15) is 28.9 Å². The van der Waals surface area contributed by atoms with Crippen LogP contribution < -0.4 is 9.47 Å². The maximum atomic E-state index is 12.9. The van der Waals surface area contributed by atoms with Gasteiger partial charge in [0.2, 0.25) is 0 Å². The van der Waals surface area contributed by atoms with Gasteiger partial charge in [-0.1, -0.05) is 12.1 Å². The third-order valence-electron chi connectivity index (χ3n) is 4.16. The number of hydrogen-bond donors (Lipinski definition) is 0. The molecule has 2 aromatic rings. The lowest BCUT2D eigenvalue weighted by Gasteiger charge is -2.26. The second kappa shape index (κ2) is 8.18. The highest BCUT2D eigenvalue weighted by atomic mass is 79.9. The second-order valence-electron chi connectivity index (χ2n) is 5.64. The minimum absolute atomic E-state index is 0.0119. The van der Waals surface area contributed by atoms with E-state index in [4.69, 9.17) is 9.47 Å². The SMILES string of the molecule is COc1cc(C(=O)N(C)C(C)c2cccc([N+](=O)[O-])c2)cc(OC)c1Br. The summed E-state index contributed by atoms with van der Waals surface area (Å²) in [5.74, 6) is 0.696. The third-order valence-corrected chi connectivity index (χ3v) is 4.94. The molecule has 138 valence electrons. The monoisotopic (exact) mass is 422 g/mol. The number of carbonyl (C=O) groups is 1. The highest BCUT2D eigenvalue weighted by Crippen LogP contribution is 2.36. The van der Waals surface area contributed by atoms with E-state index in [9.17, 15) is 14.9 Å². The minimum Gasteiger partial charge on any atom is -0.495 e. The van der Waals surface area contributed by atoms with Crippen LogP contribution in [0.25, 0.3) is 0 Å². The first-order chi connectivity index (χ1) is 12.3. The molecule has 0 spiro atoms. The van der Waals surface area contributed by atoms with Gasteiger partial charge in [-0.15, -0.1) is 0 Å². The molecule has 0 aliphatic rings. The van der Waals surface area contributed by atoms with Crippen molar-refractivity contribution in [2.45, 2.75) is 13.0 Å². The Morgan fingerprint density at radius 1 is 1.19 bits per heavy atom. The van der Waals surface area contributed by atoms with Gasteiger partial charge in [0.1, 0.15) is 16.0 Å². The Balaban J connectivity index is 2.34. The van der Waals surface area contributed by atoms with Crippen molar-refractivity contribution >= 4 is 27.5 Å². The van der Waals surface area contributed by atoms with Gasteiger partial charge < -0.3 is 14.4 Å². The number of nitro groups is 1. The molecule has 0 aromatic heterocycles. The molecule has 8 heteroatoms. The van der Waals surface area contributed by atoms with E-state index in [-0.39, 0.29) is 17.6 Å². The lowest BCUT2D eigenvalue weighted by molar-refractivity contribution is -0.384. The van der Waals surface area contributed by atoms with Crippen LogP contribution in [0, 0.1) is 10.1 Å². The number of halogens is 1. The van der Waals surface area contributed by atoms with E-state index in [2.05, 4.69) is 15.9 Å². The Hall–Kier alpha value is -2.61. The standard InChI is InChI=1S/C18H19BrN2O5/c1-11(12-6-5-7-14(8-12)21(23)24)20(2)18(22)13-9-15(25-3)17(19)16(10-13)26-4/h5-11H,1-4H3. The normalized spacial score (nSPS) is 11.6. The summed E-state index contributed by atoms with van der Waals surface area (Å²) in [6, 6.07) is 9.12. The molecule has 26 heavy (non-hydrogen) atoms. The van der Waals surface area contributed by atoms with Gasteiger partial charge in [-0.05, 0) is 40.5 Å². The second-order valence-corrected chi connectivity index (χ2v) is 6.43. The average Bonchev–Trinajstić information content (AvgIpc) is 2.66. The van der Waals surface area contributed by atoms with Gasteiger partial charge in [0.15, 0.2) is 0 Å². The number of benzene rings is 2. The number of methoxy groups -OCH3 is 2. The molecule has 0 aliphatic carbocycles. The minimum atomic E-state index is -0.456. The van der Waals surface area contributed by atoms with Crippen molar-refractivity contribution < 1.29 is 19.2 Å². The number of nitro benzene ring substituents is 1. The Labute approximate surface area is 159 Å². The van der Waals surface area contributed by atoms with Crippen LogP contribution in [-0.4, -0.2) is 37.0 Å². The summed E-state index contributed by atoms with van der Waals surface area (Å²) in [4.78, 5) is 24.9. The van der Waals surface area contributed by atoms with Crippen molar-refractivity contribution in [2.75, 3.05) is 21.3 Å². The first-order valence-corrected chi connectivity index (χ1v) is 8.52. The zero-order valence-corrected chi connectivity index (χ0v) is 16.4. The molecule has 1 amide bonds. The molecule has 0 heterocycles. The number of ether oxygens (including phenoxy) is 2. The van der Waals surface area contributed by atoms with Crippen molar-refractivity contribution in [1.29, 1.82) is 0 Å².